The van der Waals surface area contributed by atoms with E-state index in [9.17, 15) is 9.59 Å². The summed E-state index contributed by atoms with van der Waals surface area (Å²) in [5.41, 5.74) is 4.90. The minimum absolute atomic E-state index is 0.0257. The molecule has 0 saturated heterocycles. The Morgan fingerprint density at radius 1 is 1.19 bits per heavy atom. The number of nitrogens with zero attached hydrogens (tertiary/aromatic N) is 1. The fraction of sp³-hybridized carbons (Fsp3) is 0.190. The number of fused-ring (bicyclic) bond motifs is 1. The molecule has 3 aromatic rings. The standard InChI is InChI=1S/C21H19N3O2S/c25-19(9-6-14-4-2-1-3-5-14)22-12-21-24-18(13-27-21)15-7-8-17-16(10-15)11-20(26)23-17/h1-5,7-8,10,13H,6,9,11-12H2,(H,22,25)(H,23,26). The second kappa shape index (κ2) is 7.72. The first-order valence-electron chi connectivity index (χ1n) is 8.85. The Morgan fingerprint density at radius 3 is 2.89 bits per heavy atom. The first kappa shape index (κ1) is 17.4. The molecule has 0 spiro atoms. The molecule has 1 aliphatic rings. The summed E-state index contributed by atoms with van der Waals surface area (Å²) in [5, 5.41) is 8.62. The Balaban J connectivity index is 1.33. The summed E-state index contributed by atoms with van der Waals surface area (Å²) >= 11 is 1.53. The van der Waals surface area contributed by atoms with E-state index in [1.807, 2.05) is 53.9 Å². The molecule has 1 aromatic heterocycles. The van der Waals surface area contributed by atoms with Crippen LogP contribution in [0.5, 0.6) is 0 Å². The van der Waals surface area contributed by atoms with E-state index in [2.05, 4.69) is 15.6 Å². The number of benzene rings is 2. The Kier molecular flexibility index (Phi) is 4.98. The Bertz CT molecular complexity index is 982. The lowest BCUT2D eigenvalue weighted by Gasteiger charge is -2.04. The summed E-state index contributed by atoms with van der Waals surface area (Å²) in [4.78, 5) is 28.1. The van der Waals surface area contributed by atoms with Crippen molar-refractivity contribution in [2.75, 3.05) is 5.32 Å². The number of amides is 2. The highest BCUT2D eigenvalue weighted by atomic mass is 32.1. The summed E-state index contributed by atoms with van der Waals surface area (Å²) in [5.74, 6) is 0.0528. The molecule has 0 aliphatic carbocycles. The number of carbonyl (C=O) groups excluding carboxylic acids is 2. The molecule has 1 aliphatic heterocycles. The van der Waals surface area contributed by atoms with Crippen LogP contribution in [-0.4, -0.2) is 16.8 Å². The molecule has 0 radical (unpaired) electrons. The van der Waals surface area contributed by atoms with Crippen molar-refractivity contribution in [2.24, 2.45) is 0 Å². The highest BCUT2D eigenvalue weighted by Gasteiger charge is 2.18. The molecular formula is C21H19N3O2S. The number of aryl methyl sites for hydroxylation is 1. The minimum Gasteiger partial charge on any atom is -0.350 e. The molecule has 0 atom stereocenters. The first-order chi connectivity index (χ1) is 13.2. The van der Waals surface area contributed by atoms with Crippen molar-refractivity contribution in [1.29, 1.82) is 0 Å². The largest absolute Gasteiger partial charge is 0.350 e. The molecule has 2 amide bonds. The quantitative estimate of drug-likeness (QED) is 0.690. The molecule has 5 nitrogen and oxygen atoms in total. The van der Waals surface area contributed by atoms with E-state index in [1.54, 1.807) is 0 Å². The zero-order valence-electron chi connectivity index (χ0n) is 14.7. The molecule has 2 aromatic carbocycles. The lowest BCUT2D eigenvalue weighted by atomic mass is 10.1. The van der Waals surface area contributed by atoms with E-state index in [0.29, 0.717) is 19.4 Å². The van der Waals surface area contributed by atoms with Crippen LogP contribution in [0.2, 0.25) is 0 Å². The molecule has 4 rings (SSSR count). The van der Waals surface area contributed by atoms with Crippen molar-refractivity contribution in [3.63, 3.8) is 0 Å². The van der Waals surface area contributed by atoms with Crippen LogP contribution in [0.15, 0.2) is 53.9 Å². The van der Waals surface area contributed by atoms with Crippen LogP contribution in [0.4, 0.5) is 5.69 Å². The monoisotopic (exact) mass is 377 g/mol. The number of thiazole rings is 1. The van der Waals surface area contributed by atoms with Crippen LogP contribution in [0.3, 0.4) is 0 Å². The molecule has 0 bridgehead atoms. The maximum atomic E-state index is 12.1. The zero-order valence-corrected chi connectivity index (χ0v) is 15.5. The molecule has 0 unspecified atom stereocenters. The summed E-state index contributed by atoms with van der Waals surface area (Å²) < 4.78 is 0. The number of hydrogen-bond acceptors (Lipinski definition) is 4. The van der Waals surface area contributed by atoms with Gasteiger partial charge in [0, 0.05) is 23.1 Å². The van der Waals surface area contributed by atoms with Crippen LogP contribution in [0.25, 0.3) is 11.3 Å². The minimum atomic E-state index is 0.0257. The predicted molar refractivity (Wildman–Crippen MR) is 106 cm³/mol. The lowest BCUT2D eigenvalue weighted by molar-refractivity contribution is -0.121. The van der Waals surface area contributed by atoms with Gasteiger partial charge in [0.25, 0.3) is 0 Å². The van der Waals surface area contributed by atoms with E-state index in [1.165, 1.54) is 11.3 Å². The van der Waals surface area contributed by atoms with Gasteiger partial charge in [-0.2, -0.15) is 0 Å². The fourth-order valence-corrected chi connectivity index (χ4v) is 3.82. The van der Waals surface area contributed by atoms with E-state index in [4.69, 9.17) is 0 Å². The van der Waals surface area contributed by atoms with Gasteiger partial charge in [0.15, 0.2) is 0 Å². The van der Waals surface area contributed by atoms with Crippen molar-refractivity contribution in [3.8, 4) is 11.3 Å². The molecule has 6 heteroatoms. The van der Waals surface area contributed by atoms with E-state index in [0.717, 1.165) is 39.5 Å². The van der Waals surface area contributed by atoms with Crippen LogP contribution in [-0.2, 0) is 29.0 Å². The average molecular weight is 377 g/mol. The molecular weight excluding hydrogens is 358 g/mol. The SMILES string of the molecule is O=C(CCc1ccccc1)NCc1nc(-c2ccc3c(c2)CC(=O)N3)cs1. The Morgan fingerprint density at radius 2 is 2.04 bits per heavy atom. The summed E-state index contributed by atoms with van der Waals surface area (Å²) in [6.07, 6.45) is 1.61. The van der Waals surface area contributed by atoms with Crippen molar-refractivity contribution in [3.05, 3.63) is 70.0 Å². The van der Waals surface area contributed by atoms with Gasteiger partial charge in [0.1, 0.15) is 5.01 Å². The van der Waals surface area contributed by atoms with Gasteiger partial charge >= 0.3 is 0 Å². The van der Waals surface area contributed by atoms with Crippen LogP contribution in [0, 0.1) is 0 Å². The molecule has 0 saturated carbocycles. The van der Waals surface area contributed by atoms with Crippen molar-refractivity contribution >= 4 is 28.8 Å². The van der Waals surface area contributed by atoms with Gasteiger partial charge in [-0.1, -0.05) is 36.4 Å². The van der Waals surface area contributed by atoms with Crippen LogP contribution in [0.1, 0.15) is 22.6 Å². The molecule has 136 valence electrons. The van der Waals surface area contributed by atoms with Gasteiger partial charge in [-0.15, -0.1) is 11.3 Å². The van der Waals surface area contributed by atoms with Crippen LogP contribution >= 0.6 is 11.3 Å². The van der Waals surface area contributed by atoms with Gasteiger partial charge in [-0.3, -0.25) is 9.59 Å². The van der Waals surface area contributed by atoms with Gasteiger partial charge in [-0.25, -0.2) is 4.98 Å². The molecule has 2 N–H and O–H groups in total. The van der Waals surface area contributed by atoms with Gasteiger partial charge in [-0.05, 0) is 29.7 Å². The van der Waals surface area contributed by atoms with Crippen molar-refractivity contribution in [1.82, 2.24) is 10.3 Å². The maximum absolute atomic E-state index is 12.1. The maximum Gasteiger partial charge on any atom is 0.228 e. The topological polar surface area (TPSA) is 71.1 Å². The van der Waals surface area contributed by atoms with Crippen molar-refractivity contribution < 1.29 is 9.59 Å². The summed E-state index contributed by atoms with van der Waals surface area (Å²) in [7, 11) is 0. The normalized spacial score (nSPS) is 12.5. The van der Waals surface area contributed by atoms with Crippen LogP contribution < -0.4 is 10.6 Å². The van der Waals surface area contributed by atoms with Gasteiger partial charge in [0.05, 0.1) is 18.7 Å². The highest BCUT2D eigenvalue weighted by molar-refractivity contribution is 7.09. The molecule has 27 heavy (non-hydrogen) atoms. The number of aromatic nitrogens is 1. The van der Waals surface area contributed by atoms with Crippen molar-refractivity contribution in [2.45, 2.75) is 25.8 Å². The third-order valence-electron chi connectivity index (χ3n) is 4.50. The predicted octanol–water partition coefficient (Wildman–Crippen LogP) is 3.55. The summed E-state index contributed by atoms with van der Waals surface area (Å²) in [6.45, 7) is 0.434. The number of anilines is 1. The molecule has 2 heterocycles. The zero-order chi connectivity index (χ0) is 18.6. The summed E-state index contributed by atoms with van der Waals surface area (Å²) in [6, 6.07) is 15.9. The fourth-order valence-electron chi connectivity index (χ4n) is 3.08. The van der Waals surface area contributed by atoms with E-state index < -0.39 is 0 Å². The number of hydrogen-bond donors (Lipinski definition) is 2. The first-order valence-corrected chi connectivity index (χ1v) is 9.73. The lowest BCUT2D eigenvalue weighted by Crippen LogP contribution is -2.22. The van der Waals surface area contributed by atoms with E-state index in [-0.39, 0.29) is 11.8 Å². The second-order valence-corrected chi connectivity index (χ2v) is 7.43. The second-order valence-electron chi connectivity index (χ2n) is 6.49. The highest BCUT2D eigenvalue weighted by Crippen LogP contribution is 2.29. The number of rotatable bonds is 6. The number of carbonyl (C=O) groups is 2. The average Bonchev–Trinajstić information content (AvgIpc) is 3.30. The Labute approximate surface area is 161 Å². The third kappa shape index (κ3) is 4.23. The number of nitrogens with one attached hydrogen (secondary N) is 2. The Hall–Kier alpha value is -2.99. The van der Waals surface area contributed by atoms with Gasteiger partial charge in [0.2, 0.25) is 11.8 Å². The van der Waals surface area contributed by atoms with E-state index >= 15 is 0 Å². The molecule has 0 fully saturated rings. The third-order valence-corrected chi connectivity index (χ3v) is 5.35. The van der Waals surface area contributed by atoms with Gasteiger partial charge < -0.3 is 10.6 Å². The smallest absolute Gasteiger partial charge is 0.228 e.